The van der Waals surface area contributed by atoms with E-state index in [1.165, 1.54) is 11.1 Å². The number of aryl methyl sites for hydroxylation is 2. The zero-order valence-electron chi connectivity index (χ0n) is 11.9. The van der Waals surface area contributed by atoms with Crippen LogP contribution in [0.2, 0.25) is 0 Å². The second-order valence-electron chi connectivity index (χ2n) is 5.53. The Kier molecular flexibility index (Phi) is 3.22. The number of ether oxygens (including phenoxy) is 1. The Hall–Kier alpha value is -1.87. The van der Waals surface area contributed by atoms with E-state index in [0.717, 1.165) is 29.7 Å². The van der Waals surface area contributed by atoms with Gasteiger partial charge in [0, 0.05) is 24.4 Å². The Bertz CT molecular complexity index is 639. The van der Waals surface area contributed by atoms with Gasteiger partial charge in [0.2, 0.25) is 0 Å². The highest BCUT2D eigenvalue weighted by Crippen LogP contribution is 2.38. The molecule has 2 aromatic rings. The maximum Gasteiger partial charge on any atom is 0.119 e. The fraction of sp³-hybridized carbons (Fsp3) is 0.353. The highest BCUT2D eigenvalue weighted by atomic mass is 16.5. The van der Waals surface area contributed by atoms with Crippen molar-refractivity contribution >= 4 is 0 Å². The topological polar surface area (TPSA) is 42.4 Å². The molecule has 3 rings (SSSR count). The van der Waals surface area contributed by atoms with E-state index in [2.05, 4.69) is 11.1 Å². The number of benzene rings is 1. The third-order valence-electron chi connectivity index (χ3n) is 4.24. The van der Waals surface area contributed by atoms with Gasteiger partial charge in [-0.25, -0.2) is 0 Å². The van der Waals surface area contributed by atoms with E-state index in [-0.39, 0.29) is 0 Å². The molecule has 1 aliphatic carbocycles. The average Bonchev–Trinajstić information content (AvgIpc) is 2.46. The van der Waals surface area contributed by atoms with Crippen molar-refractivity contribution in [1.29, 1.82) is 0 Å². The van der Waals surface area contributed by atoms with Gasteiger partial charge in [-0.2, -0.15) is 0 Å². The summed E-state index contributed by atoms with van der Waals surface area (Å²) >= 11 is 0. The standard InChI is InChI=1S/C17H19NO2/c1-12-6-8-18-11-16(12)17(19)7-5-13-3-4-15(20-2)9-14(13)10-17/h3-4,6,8-9,11,19H,5,7,10H2,1-2H3. The molecule has 1 atom stereocenters. The smallest absolute Gasteiger partial charge is 0.119 e. The SMILES string of the molecule is COc1ccc2c(c1)CC(O)(c1cnccc1C)CC2. The summed E-state index contributed by atoms with van der Waals surface area (Å²) in [5, 5.41) is 11.1. The fourth-order valence-electron chi connectivity index (χ4n) is 3.06. The molecule has 0 saturated heterocycles. The van der Waals surface area contributed by atoms with Crippen molar-refractivity contribution in [1.82, 2.24) is 4.98 Å². The van der Waals surface area contributed by atoms with Crippen LogP contribution in [0.15, 0.2) is 36.7 Å². The number of rotatable bonds is 2. The molecule has 20 heavy (non-hydrogen) atoms. The molecule has 0 spiro atoms. The lowest BCUT2D eigenvalue weighted by molar-refractivity contribution is 0.0213. The Morgan fingerprint density at radius 3 is 2.85 bits per heavy atom. The highest BCUT2D eigenvalue weighted by molar-refractivity contribution is 5.41. The molecule has 1 unspecified atom stereocenters. The van der Waals surface area contributed by atoms with Crippen LogP contribution in [0.1, 0.15) is 28.7 Å². The summed E-state index contributed by atoms with van der Waals surface area (Å²) < 4.78 is 5.28. The summed E-state index contributed by atoms with van der Waals surface area (Å²) in [7, 11) is 1.67. The summed E-state index contributed by atoms with van der Waals surface area (Å²) in [4.78, 5) is 4.17. The van der Waals surface area contributed by atoms with Gasteiger partial charge in [-0.3, -0.25) is 4.98 Å². The molecule has 0 bridgehead atoms. The summed E-state index contributed by atoms with van der Waals surface area (Å²) in [5.74, 6) is 0.843. The van der Waals surface area contributed by atoms with Gasteiger partial charge >= 0.3 is 0 Å². The number of hydrogen-bond donors (Lipinski definition) is 1. The second kappa shape index (κ2) is 4.91. The third kappa shape index (κ3) is 2.18. The summed E-state index contributed by atoms with van der Waals surface area (Å²) in [6.45, 7) is 2.02. The Morgan fingerprint density at radius 1 is 1.25 bits per heavy atom. The van der Waals surface area contributed by atoms with Gasteiger partial charge < -0.3 is 9.84 Å². The lowest BCUT2D eigenvalue weighted by Gasteiger charge is -2.34. The largest absolute Gasteiger partial charge is 0.497 e. The molecule has 0 fully saturated rings. The number of hydrogen-bond acceptors (Lipinski definition) is 3. The minimum Gasteiger partial charge on any atom is -0.497 e. The molecule has 0 saturated carbocycles. The third-order valence-corrected chi connectivity index (χ3v) is 4.24. The highest BCUT2D eigenvalue weighted by Gasteiger charge is 2.35. The molecule has 3 nitrogen and oxygen atoms in total. The van der Waals surface area contributed by atoms with Gasteiger partial charge in [0.1, 0.15) is 5.75 Å². The van der Waals surface area contributed by atoms with Crippen LogP contribution in [-0.2, 0) is 18.4 Å². The van der Waals surface area contributed by atoms with Crippen molar-refractivity contribution in [3.63, 3.8) is 0 Å². The van der Waals surface area contributed by atoms with Gasteiger partial charge in [0.05, 0.1) is 12.7 Å². The summed E-state index contributed by atoms with van der Waals surface area (Å²) in [6.07, 6.45) is 5.79. The van der Waals surface area contributed by atoms with E-state index in [0.29, 0.717) is 6.42 Å². The molecular weight excluding hydrogens is 250 g/mol. The predicted molar refractivity (Wildman–Crippen MR) is 77.9 cm³/mol. The minimum absolute atomic E-state index is 0.617. The van der Waals surface area contributed by atoms with Crippen LogP contribution < -0.4 is 4.74 Å². The lowest BCUT2D eigenvalue weighted by atomic mass is 9.76. The molecular formula is C17H19NO2. The maximum absolute atomic E-state index is 11.1. The number of nitrogens with zero attached hydrogens (tertiary/aromatic N) is 1. The van der Waals surface area contributed by atoms with Crippen LogP contribution in [0.25, 0.3) is 0 Å². The zero-order valence-corrected chi connectivity index (χ0v) is 11.9. The number of pyridine rings is 1. The molecule has 3 heteroatoms. The van der Waals surface area contributed by atoms with E-state index in [1.54, 1.807) is 19.5 Å². The lowest BCUT2D eigenvalue weighted by Crippen LogP contribution is -2.34. The molecule has 104 valence electrons. The van der Waals surface area contributed by atoms with Gasteiger partial charge in [-0.1, -0.05) is 6.07 Å². The van der Waals surface area contributed by atoms with Crippen LogP contribution >= 0.6 is 0 Å². The molecule has 1 aromatic heterocycles. The average molecular weight is 269 g/mol. The fourth-order valence-corrected chi connectivity index (χ4v) is 3.06. The van der Waals surface area contributed by atoms with Crippen molar-refractivity contribution in [2.24, 2.45) is 0 Å². The van der Waals surface area contributed by atoms with Crippen LogP contribution in [0, 0.1) is 6.92 Å². The monoisotopic (exact) mass is 269 g/mol. The Labute approximate surface area is 119 Å². The number of aliphatic hydroxyl groups is 1. The molecule has 0 radical (unpaired) electrons. The first-order valence-electron chi connectivity index (χ1n) is 6.92. The van der Waals surface area contributed by atoms with E-state index < -0.39 is 5.60 Å². The van der Waals surface area contributed by atoms with Crippen molar-refractivity contribution in [3.05, 3.63) is 58.9 Å². The summed E-state index contributed by atoms with van der Waals surface area (Å²) in [6, 6.07) is 8.07. The first kappa shape index (κ1) is 13.1. The molecule has 0 aliphatic heterocycles. The van der Waals surface area contributed by atoms with Crippen LogP contribution in [-0.4, -0.2) is 17.2 Å². The number of fused-ring (bicyclic) bond motifs is 1. The van der Waals surface area contributed by atoms with E-state index in [9.17, 15) is 5.11 Å². The van der Waals surface area contributed by atoms with Crippen LogP contribution in [0.3, 0.4) is 0 Å². The van der Waals surface area contributed by atoms with Crippen molar-refractivity contribution in [3.8, 4) is 5.75 Å². The number of aromatic nitrogens is 1. The van der Waals surface area contributed by atoms with Crippen molar-refractivity contribution in [2.75, 3.05) is 7.11 Å². The predicted octanol–water partition coefficient (Wildman–Crippen LogP) is 2.78. The summed E-state index contributed by atoms with van der Waals surface area (Å²) in [5.41, 5.74) is 3.68. The molecule has 1 heterocycles. The normalized spacial score (nSPS) is 21.4. The van der Waals surface area contributed by atoms with Crippen LogP contribution in [0.5, 0.6) is 5.75 Å². The molecule has 1 aromatic carbocycles. The van der Waals surface area contributed by atoms with Gasteiger partial charge in [0.15, 0.2) is 0 Å². The maximum atomic E-state index is 11.1. The first-order chi connectivity index (χ1) is 9.62. The molecule has 0 amide bonds. The van der Waals surface area contributed by atoms with E-state index in [4.69, 9.17) is 4.74 Å². The first-order valence-corrected chi connectivity index (χ1v) is 6.92. The quantitative estimate of drug-likeness (QED) is 0.911. The molecule has 1 N–H and O–H groups in total. The van der Waals surface area contributed by atoms with Crippen molar-refractivity contribution < 1.29 is 9.84 Å². The minimum atomic E-state index is -0.822. The van der Waals surface area contributed by atoms with Gasteiger partial charge in [0.25, 0.3) is 0 Å². The Balaban J connectivity index is 2.00. The second-order valence-corrected chi connectivity index (χ2v) is 5.53. The van der Waals surface area contributed by atoms with Crippen LogP contribution in [0.4, 0.5) is 0 Å². The number of methoxy groups -OCH3 is 1. The van der Waals surface area contributed by atoms with Crippen molar-refractivity contribution in [2.45, 2.75) is 31.8 Å². The van der Waals surface area contributed by atoms with Gasteiger partial charge in [-0.05, 0) is 54.7 Å². The molecule has 1 aliphatic rings. The van der Waals surface area contributed by atoms with Gasteiger partial charge in [-0.15, -0.1) is 0 Å². The van der Waals surface area contributed by atoms with E-state index in [1.807, 2.05) is 25.1 Å². The van der Waals surface area contributed by atoms with E-state index >= 15 is 0 Å². The Morgan fingerprint density at radius 2 is 2.10 bits per heavy atom. The zero-order chi connectivity index (χ0) is 14.2.